The van der Waals surface area contributed by atoms with E-state index in [0.717, 1.165) is 6.20 Å². The fourth-order valence-electron chi connectivity index (χ4n) is 1.40. The van der Waals surface area contributed by atoms with Gasteiger partial charge in [-0.15, -0.1) is 0 Å². The molecule has 1 rings (SSSR count). The van der Waals surface area contributed by atoms with Crippen LogP contribution in [0.5, 0.6) is 0 Å². The summed E-state index contributed by atoms with van der Waals surface area (Å²) in [7, 11) is 0. The van der Waals surface area contributed by atoms with Crippen LogP contribution in [0.3, 0.4) is 0 Å². The van der Waals surface area contributed by atoms with E-state index in [4.69, 9.17) is 16.7 Å². The maximum absolute atomic E-state index is 10.5. The molecule has 0 saturated heterocycles. The average Bonchev–Trinajstić information content (AvgIpc) is 2.34. The van der Waals surface area contributed by atoms with Crippen molar-refractivity contribution in [3.8, 4) is 0 Å². The lowest BCUT2D eigenvalue weighted by molar-refractivity contribution is -0.385. The number of nitro groups is 1. The minimum Gasteiger partial charge on any atom is -0.481 e. The largest absolute Gasteiger partial charge is 0.481 e. The second-order valence-corrected chi connectivity index (χ2v) is 4.61. The van der Waals surface area contributed by atoms with Gasteiger partial charge < -0.3 is 10.4 Å². The highest BCUT2D eigenvalue weighted by molar-refractivity contribution is 6.33. The van der Waals surface area contributed by atoms with E-state index in [2.05, 4.69) is 10.3 Å². The van der Waals surface area contributed by atoms with Crippen LogP contribution in [0.25, 0.3) is 0 Å². The molecule has 104 valence electrons. The SMILES string of the molecule is CC(CCC(=O)O)CNc1ncc([N+](=O)[O-])cc1Cl. The van der Waals surface area contributed by atoms with Crippen LogP contribution in [0.2, 0.25) is 5.02 Å². The molecule has 0 aliphatic carbocycles. The smallest absolute Gasteiger partial charge is 0.303 e. The van der Waals surface area contributed by atoms with Gasteiger partial charge in [-0.1, -0.05) is 18.5 Å². The Labute approximate surface area is 114 Å². The van der Waals surface area contributed by atoms with Crippen LogP contribution in [0, 0.1) is 16.0 Å². The van der Waals surface area contributed by atoms with Gasteiger partial charge in [0.25, 0.3) is 5.69 Å². The predicted molar refractivity (Wildman–Crippen MR) is 70.4 cm³/mol. The lowest BCUT2D eigenvalue weighted by Crippen LogP contribution is -2.13. The first kappa shape index (κ1) is 15.2. The molecular weight excluding hydrogens is 274 g/mol. The van der Waals surface area contributed by atoms with E-state index in [-0.39, 0.29) is 23.0 Å². The number of carboxylic acids is 1. The molecule has 19 heavy (non-hydrogen) atoms. The summed E-state index contributed by atoms with van der Waals surface area (Å²) in [6.07, 6.45) is 1.76. The predicted octanol–water partition coefficient (Wildman–Crippen LogP) is 2.56. The lowest BCUT2D eigenvalue weighted by Gasteiger charge is -2.12. The number of nitrogens with zero attached hydrogens (tertiary/aromatic N) is 2. The minimum absolute atomic E-state index is 0.101. The van der Waals surface area contributed by atoms with E-state index in [9.17, 15) is 14.9 Å². The molecule has 0 saturated carbocycles. The quantitative estimate of drug-likeness (QED) is 0.590. The Balaban J connectivity index is 2.53. The lowest BCUT2D eigenvalue weighted by atomic mass is 10.1. The third kappa shape index (κ3) is 5.09. The molecule has 2 N–H and O–H groups in total. The van der Waals surface area contributed by atoms with Gasteiger partial charge in [0.05, 0.1) is 9.95 Å². The summed E-state index contributed by atoms with van der Waals surface area (Å²) in [5, 5.41) is 22.2. The zero-order valence-electron chi connectivity index (χ0n) is 10.3. The van der Waals surface area contributed by atoms with Gasteiger partial charge in [0.2, 0.25) is 0 Å². The summed E-state index contributed by atoms with van der Waals surface area (Å²) >= 11 is 5.86. The number of carbonyl (C=O) groups is 1. The molecule has 8 heteroatoms. The highest BCUT2D eigenvalue weighted by atomic mass is 35.5. The van der Waals surface area contributed by atoms with Crippen LogP contribution in [0.15, 0.2) is 12.3 Å². The second kappa shape index (κ2) is 6.89. The molecule has 0 amide bonds. The Kier molecular flexibility index (Phi) is 5.50. The number of hydrogen-bond donors (Lipinski definition) is 2. The molecule has 0 aliphatic rings. The van der Waals surface area contributed by atoms with Crippen LogP contribution in [0.4, 0.5) is 11.5 Å². The van der Waals surface area contributed by atoms with Crippen LogP contribution >= 0.6 is 11.6 Å². The Morgan fingerprint density at radius 2 is 2.37 bits per heavy atom. The Hall–Kier alpha value is -1.89. The summed E-state index contributed by atoms with van der Waals surface area (Å²) in [5.41, 5.74) is -0.172. The van der Waals surface area contributed by atoms with Gasteiger partial charge >= 0.3 is 5.97 Å². The van der Waals surface area contributed by atoms with Crippen molar-refractivity contribution >= 4 is 29.1 Å². The molecule has 1 aromatic rings. The number of carboxylic acid groups (broad SMARTS) is 1. The van der Waals surface area contributed by atoms with Gasteiger partial charge in [0.1, 0.15) is 12.0 Å². The highest BCUT2D eigenvalue weighted by Crippen LogP contribution is 2.24. The van der Waals surface area contributed by atoms with Crippen molar-refractivity contribution in [1.82, 2.24) is 4.98 Å². The fraction of sp³-hybridized carbons (Fsp3) is 0.455. The molecule has 0 aromatic carbocycles. The standard InChI is InChI=1S/C11H14ClN3O4/c1-7(2-3-10(16)17)5-13-11-9(12)4-8(6-14-11)15(18)19/h4,6-7H,2-3,5H2,1H3,(H,13,14)(H,16,17). The Morgan fingerprint density at radius 1 is 1.68 bits per heavy atom. The van der Waals surface area contributed by atoms with E-state index >= 15 is 0 Å². The Morgan fingerprint density at radius 3 is 2.89 bits per heavy atom. The summed E-state index contributed by atoms with van der Waals surface area (Å²) in [4.78, 5) is 24.2. The number of rotatable bonds is 7. The average molecular weight is 288 g/mol. The van der Waals surface area contributed by atoms with Crippen molar-refractivity contribution in [3.63, 3.8) is 0 Å². The molecule has 1 aromatic heterocycles. The first-order chi connectivity index (χ1) is 8.90. The molecule has 0 spiro atoms. The van der Waals surface area contributed by atoms with Crippen molar-refractivity contribution in [2.24, 2.45) is 5.92 Å². The second-order valence-electron chi connectivity index (χ2n) is 4.20. The monoisotopic (exact) mass is 287 g/mol. The van der Waals surface area contributed by atoms with Crippen molar-refractivity contribution in [2.45, 2.75) is 19.8 Å². The zero-order valence-corrected chi connectivity index (χ0v) is 11.1. The number of aromatic nitrogens is 1. The normalized spacial score (nSPS) is 11.9. The molecule has 0 radical (unpaired) electrons. The summed E-state index contributed by atoms with van der Waals surface area (Å²) in [6, 6.07) is 1.22. The zero-order chi connectivity index (χ0) is 14.4. The fourth-order valence-corrected chi connectivity index (χ4v) is 1.63. The summed E-state index contributed by atoms with van der Waals surface area (Å²) in [5.74, 6) is -0.350. The first-order valence-electron chi connectivity index (χ1n) is 5.65. The van der Waals surface area contributed by atoms with Gasteiger partial charge in [0.15, 0.2) is 0 Å². The van der Waals surface area contributed by atoms with Gasteiger partial charge in [-0.2, -0.15) is 0 Å². The number of hydrogen-bond acceptors (Lipinski definition) is 5. The maximum Gasteiger partial charge on any atom is 0.303 e. The van der Waals surface area contributed by atoms with Gasteiger partial charge in [-0.3, -0.25) is 14.9 Å². The molecular formula is C11H14ClN3O4. The van der Waals surface area contributed by atoms with Crippen LogP contribution in [-0.4, -0.2) is 27.5 Å². The minimum atomic E-state index is -0.835. The molecule has 1 unspecified atom stereocenters. The van der Waals surface area contributed by atoms with E-state index < -0.39 is 10.9 Å². The summed E-state index contributed by atoms with van der Waals surface area (Å²) in [6.45, 7) is 2.40. The third-order valence-electron chi connectivity index (χ3n) is 2.51. The van der Waals surface area contributed by atoms with Gasteiger partial charge in [-0.25, -0.2) is 4.98 Å². The topological polar surface area (TPSA) is 105 Å². The number of aliphatic carboxylic acids is 1. The van der Waals surface area contributed by atoms with Gasteiger partial charge in [-0.05, 0) is 12.3 Å². The van der Waals surface area contributed by atoms with E-state index in [1.54, 1.807) is 0 Å². The van der Waals surface area contributed by atoms with E-state index in [0.29, 0.717) is 18.8 Å². The van der Waals surface area contributed by atoms with Crippen LogP contribution in [-0.2, 0) is 4.79 Å². The first-order valence-corrected chi connectivity index (χ1v) is 6.03. The number of halogens is 1. The third-order valence-corrected chi connectivity index (χ3v) is 2.79. The Bertz CT molecular complexity index is 481. The van der Waals surface area contributed by atoms with Crippen molar-refractivity contribution in [3.05, 3.63) is 27.4 Å². The number of anilines is 1. The van der Waals surface area contributed by atoms with Crippen molar-refractivity contribution < 1.29 is 14.8 Å². The van der Waals surface area contributed by atoms with Gasteiger partial charge in [0, 0.05) is 19.0 Å². The highest BCUT2D eigenvalue weighted by Gasteiger charge is 2.12. The van der Waals surface area contributed by atoms with E-state index in [1.807, 2.05) is 6.92 Å². The molecule has 1 heterocycles. The number of nitrogens with one attached hydrogen (secondary N) is 1. The van der Waals surface area contributed by atoms with Crippen LogP contribution in [0.1, 0.15) is 19.8 Å². The molecule has 1 atom stereocenters. The van der Waals surface area contributed by atoms with Crippen molar-refractivity contribution in [1.29, 1.82) is 0 Å². The number of pyridine rings is 1. The van der Waals surface area contributed by atoms with E-state index in [1.165, 1.54) is 6.07 Å². The molecule has 7 nitrogen and oxygen atoms in total. The summed E-state index contributed by atoms with van der Waals surface area (Å²) < 4.78 is 0. The van der Waals surface area contributed by atoms with Crippen LogP contribution < -0.4 is 5.32 Å². The molecule has 0 fully saturated rings. The van der Waals surface area contributed by atoms with Crippen molar-refractivity contribution in [2.75, 3.05) is 11.9 Å². The maximum atomic E-state index is 10.5. The molecule has 0 aliphatic heterocycles. The molecule has 0 bridgehead atoms.